The normalized spacial score (nSPS) is 26.8. The monoisotopic (exact) mass is 456 g/mol. The van der Waals surface area contributed by atoms with E-state index < -0.39 is 36.0 Å². The Morgan fingerprint density at radius 3 is 1.34 bits per heavy atom. The van der Waals surface area contributed by atoms with E-state index in [-0.39, 0.29) is 64.2 Å². The summed E-state index contributed by atoms with van der Waals surface area (Å²) in [6.45, 7) is 0.175. The van der Waals surface area contributed by atoms with Crippen molar-refractivity contribution in [3.05, 3.63) is 23.5 Å². The SMILES string of the molecule is O=C1OCCOCCOC(=O)C2C=C(NN2)C(=O)OCCOCCOC(=O)C2C=C1NN2. The number of carbonyl (C=O) groups excluding carboxylic acids is 4. The van der Waals surface area contributed by atoms with Crippen LogP contribution in [-0.2, 0) is 47.6 Å². The quantitative estimate of drug-likeness (QED) is 0.214. The molecule has 0 aromatic carbocycles. The van der Waals surface area contributed by atoms with Gasteiger partial charge in [0.05, 0.1) is 26.4 Å². The first kappa shape index (κ1) is 23.5. The van der Waals surface area contributed by atoms with Crippen LogP contribution in [0.5, 0.6) is 0 Å². The molecule has 2 atom stereocenters. The summed E-state index contributed by atoms with van der Waals surface area (Å²) in [7, 11) is 0. The number of ether oxygens (including phenoxy) is 6. The van der Waals surface area contributed by atoms with Gasteiger partial charge in [-0.05, 0) is 12.2 Å². The van der Waals surface area contributed by atoms with Crippen LogP contribution in [0, 0.1) is 0 Å². The molecule has 3 rings (SSSR count). The lowest BCUT2D eigenvalue weighted by molar-refractivity contribution is -0.148. The minimum absolute atomic E-state index is 0.0314. The van der Waals surface area contributed by atoms with E-state index in [4.69, 9.17) is 28.4 Å². The third-order valence-electron chi connectivity index (χ3n) is 4.20. The van der Waals surface area contributed by atoms with Crippen molar-refractivity contribution in [1.82, 2.24) is 21.7 Å². The highest BCUT2D eigenvalue weighted by Gasteiger charge is 2.28. The van der Waals surface area contributed by atoms with Crippen LogP contribution in [-0.4, -0.2) is 88.8 Å². The molecule has 0 fully saturated rings. The highest BCUT2D eigenvalue weighted by atomic mass is 16.6. The van der Waals surface area contributed by atoms with Crippen LogP contribution in [0.15, 0.2) is 23.5 Å². The molecule has 0 saturated carbocycles. The van der Waals surface area contributed by atoms with Gasteiger partial charge in [0.15, 0.2) is 0 Å². The van der Waals surface area contributed by atoms with Crippen molar-refractivity contribution < 1.29 is 47.6 Å². The molecule has 2 unspecified atom stereocenters. The summed E-state index contributed by atoms with van der Waals surface area (Å²) in [5, 5.41) is 0. The number of hydrogen-bond acceptors (Lipinski definition) is 14. The molecule has 4 N–H and O–H groups in total. The van der Waals surface area contributed by atoms with Crippen LogP contribution in [0.3, 0.4) is 0 Å². The first-order valence-electron chi connectivity index (χ1n) is 9.84. The maximum atomic E-state index is 12.0. The second-order valence-electron chi connectivity index (χ2n) is 6.49. The summed E-state index contributed by atoms with van der Waals surface area (Å²) < 4.78 is 30.7. The van der Waals surface area contributed by atoms with E-state index in [0.29, 0.717) is 0 Å². The lowest BCUT2D eigenvalue weighted by Gasteiger charge is -2.10. The van der Waals surface area contributed by atoms with E-state index in [0.717, 1.165) is 0 Å². The molecule has 176 valence electrons. The number of carbonyl (C=O) groups is 4. The average Bonchev–Trinajstić information content (AvgIpc) is 3.47. The van der Waals surface area contributed by atoms with Gasteiger partial charge in [0.2, 0.25) is 0 Å². The average molecular weight is 456 g/mol. The summed E-state index contributed by atoms with van der Waals surface area (Å²) in [6, 6.07) is -1.72. The molecular formula is C18H24N4O10. The number of rotatable bonds is 0. The molecule has 14 heteroatoms. The zero-order valence-electron chi connectivity index (χ0n) is 17.0. The van der Waals surface area contributed by atoms with Crippen LogP contribution in [0.25, 0.3) is 0 Å². The molecule has 32 heavy (non-hydrogen) atoms. The van der Waals surface area contributed by atoms with E-state index in [2.05, 4.69) is 21.7 Å². The lowest BCUT2D eigenvalue weighted by atomic mass is 10.3. The van der Waals surface area contributed by atoms with Crippen molar-refractivity contribution in [2.45, 2.75) is 12.1 Å². The number of cyclic esters (lactones) is 4. The van der Waals surface area contributed by atoms with Gasteiger partial charge >= 0.3 is 23.9 Å². The van der Waals surface area contributed by atoms with Crippen molar-refractivity contribution >= 4 is 23.9 Å². The molecule has 0 aliphatic carbocycles. The molecule has 0 saturated heterocycles. The number of hydrazine groups is 2. The molecule has 0 radical (unpaired) electrons. The Morgan fingerprint density at radius 1 is 0.562 bits per heavy atom. The molecule has 3 heterocycles. The van der Waals surface area contributed by atoms with Gasteiger partial charge in [-0.25, -0.2) is 30.0 Å². The molecule has 3 aliphatic heterocycles. The van der Waals surface area contributed by atoms with Crippen LogP contribution in [0.4, 0.5) is 0 Å². The number of nitrogens with one attached hydrogen (secondary N) is 4. The first-order valence-corrected chi connectivity index (χ1v) is 9.84. The van der Waals surface area contributed by atoms with E-state index >= 15 is 0 Å². The maximum Gasteiger partial charge on any atom is 0.355 e. The van der Waals surface area contributed by atoms with Crippen molar-refractivity contribution in [2.75, 3.05) is 52.9 Å². The first-order chi connectivity index (χ1) is 15.5. The minimum Gasteiger partial charge on any atom is -0.462 e. The molecule has 0 aromatic rings. The Morgan fingerprint density at radius 2 is 0.938 bits per heavy atom. The van der Waals surface area contributed by atoms with Gasteiger partial charge in [-0.2, -0.15) is 0 Å². The van der Waals surface area contributed by atoms with E-state index in [1.165, 1.54) is 12.2 Å². The molecule has 4 bridgehead atoms. The van der Waals surface area contributed by atoms with Crippen LogP contribution < -0.4 is 21.7 Å². The zero-order chi connectivity index (χ0) is 22.8. The predicted octanol–water partition coefficient (Wildman–Crippen LogP) is -3.07. The van der Waals surface area contributed by atoms with E-state index in [1.807, 2.05) is 0 Å². The second-order valence-corrected chi connectivity index (χ2v) is 6.49. The van der Waals surface area contributed by atoms with Gasteiger partial charge in [0.25, 0.3) is 0 Å². The molecule has 0 aromatic heterocycles. The molecule has 0 spiro atoms. The van der Waals surface area contributed by atoms with Crippen LogP contribution in [0.1, 0.15) is 0 Å². The lowest BCUT2D eigenvalue weighted by Crippen LogP contribution is -2.39. The van der Waals surface area contributed by atoms with Gasteiger partial charge in [-0.3, -0.25) is 0 Å². The van der Waals surface area contributed by atoms with Crippen molar-refractivity contribution in [3.63, 3.8) is 0 Å². The van der Waals surface area contributed by atoms with E-state index in [9.17, 15) is 19.2 Å². The van der Waals surface area contributed by atoms with Crippen molar-refractivity contribution in [2.24, 2.45) is 0 Å². The molecule has 14 nitrogen and oxygen atoms in total. The summed E-state index contributed by atoms with van der Waals surface area (Å²) in [5.41, 5.74) is 10.5. The van der Waals surface area contributed by atoms with E-state index in [1.54, 1.807) is 0 Å². The van der Waals surface area contributed by atoms with Crippen molar-refractivity contribution in [3.8, 4) is 0 Å². The Bertz CT molecular complexity index is 720. The van der Waals surface area contributed by atoms with Crippen molar-refractivity contribution in [1.29, 1.82) is 0 Å². The van der Waals surface area contributed by atoms with Gasteiger partial charge in [0, 0.05) is 0 Å². The van der Waals surface area contributed by atoms with Gasteiger partial charge in [-0.1, -0.05) is 0 Å². The topological polar surface area (TPSA) is 172 Å². The Kier molecular flexibility index (Phi) is 8.79. The maximum absolute atomic E-state index is 12.0. The zero-order valence-corrected chi connectivity index (χ0v) is 17.0. The Balaban J connectivity index is 1.50. The minimum atomic E-state index is -0.861. The summed E-state index contributed by atoms with van der Waals surface area (Å²) in [4.78, 5) is 48.0. The highest BCUT2D eigenvalue weighted by molar-refractivity contribution is 5.91. The predicted molar refractivity (Wildman–Crippen MR) is 102 cm³/mol. The summed E-state index contributed by atoms with van der Waals surface area (Å²) in [5.74, 6) is -2.55. The van der Waals surface area contributed by atoms with Gasteiger partial charge in [0.1, 0.15) is 49.9 Å². The molecule has 3 aliphatic rings. The smallest absolute Gasteiger partial charge is 0.355 e. The largest absolute Gasteiger partial charge is 0.462 e. The number of fused-ring (bicyclic) bond motifs is 2. The second kappa shape index (κ2) is 12.0. The van der Waals surface area contributed by atoms with Gasteiger partial charge in [-0.15, -0.1) is 0 Å². The standard InChI is InChI=1S/C18H24N4O10/c23-15-11-9-12(20-19-11)17(25)31-7-3-28-4-8-32-18(26)14-10-13(21-22-14)16(24)30-6-2-27-1-5-29-15/h9-11,14,19-22H,1-8H2. The fourth-order valence-corrected chi connectivity index (χ4v) is 2.63. The molecular weight excluding hydrogens is 432 g/mol. The molecule has 0 amide bonds. The third-order valence-corrected chi connectivity index (χ3v) is 4.20. The van der Waals surface area contributed by atoms with Gasteiger partial charge < -0.3 is 39.3 Å². The number of hydrogen-bond donors (Lipinski definition) is 4. The Hall–Kier alpha value is -3.20. The fourth-order valence-electron chi connectivity index (χ4n) is 2.63. The fraction of sp³-hybridized carbons (Fsp3) is 0.556. The summed E-state index contributed by atoms with van der Waals surface area (Å²) >= 11 is 0. The highest BCUT2D eigenvalue weighted by Crippen LogP contribution is 2.06. The van der Waals surface area contributed by atoms with Crippen LogP contribution in [0.2, 0.25) is 0 Å². The summed E-state index contributed by atoms with van der Waals surface area (Å²) in [6.07, 6.45) is 2.68. The van der Waals surface area contributed by atoms with Crippen LogP contribution >= 0.6 is 0 Å². The Labute approximate surface area is 182 Å². The third kappa shape index (κ3) is 6.91. The number of esters is 4.